The van der Waals surface area contributed by atoms with E-state index < -0.39 is 17.6 Å². The van der Waals surface area contributed by atoms with Gasteiger partial charge in [-0.05, 0) is 42.0 Å². The fourth-order valence-corrected chi connectivity index (χ4v) is 2.83. The number of rotatable bonds is 9. The molecule has 2 aromatic rings. The molecule has 32 heavy (non-hydrogen) atoms. The Bertz CT molecular complexity index is 989. The highest BCUT2D eigenvalue weighted by Gasteiger charge is 2.29. The van der Waals surface area contributed by atoms with Crippen molar-refractivity contribution in [2.45, 2.75) is 6.18 Å². The summed E-state index contributed by atoms with van der Waals surface area (Å²) in [5, 5.41) is 2.86. The van der Waals surface area contributed by atoms with Gasteiger partial charge in [0.2, 0.25) is 5.91 Å². The molecule has 0 saturated carbocycles. The van der Waals surface area contributed by atoms with Crippen molar-refractivity contribution in [3.63, 3.8) is 0 Å². The van der Waals surface area contributed by atoms with Gasteiger partial charge in [-0.2, -0.15) is 13.2 Å². The molecule has 11 heteroatoms. The van der Waals surface area contributed by atoms with Crippen LogP contribution in [0, 0.1) is 0 Å². The lowest BCUT2D eigenvalue weighted by atomic mass is 10.1. The molecule has 0 spiro atoms. The summed E-state index contributed by atoms with van der Waals surface area (Å²) in [7, 11) is 0. The van der Waals surface area contributed by atoms with E-state index in [1.54, 1.807) is 12.1 Å². The lowest BCUT2D eigenvalue weighted by Gasteiger charge is -2.12. The zero-order valence-electron chi connectivity index (χ0n) is 16.2. The van der Waals surface area contributed by atoms with Crippen molar-refractivity contribution < 1.29 is 27.4 Å². The van der Waals surface area contributed by atoms with Gasteiger partial charge in [-0.15, -0.1) is 0 Å². The molecule has 0 aliphatic heterocycles. The van der Waals surface area contributed by atoms with E-state index in [-0.39, 0.29) is 34.3 Å². The van der Waals surface area contributed by atoms with Crippen LogP contribution in [0.4, 0.5) is 13.2 Å². The van der Waals surface area contributed by atoms with E-state index in [1.807, 2.05) is 0 Å². The smallest absolute Gasteiger partial charge is 0.416 e. The Kier molecular flexibility index (Phi) is 10.0. The van der Waals surface area contributed by atoms with Gasteiger partial charge in [0.05, 0.1) is 12.1 Å². The molecule has 0 fully saturated rings. The molecule has 172 valence electrons. The molecule has 0 aromatic heterocycles. The third-order valence-electron chi connectivity index (χ3n) is 3.81. The van der Waals surface area contributed by atoms with Crippen molar-refractivity contribution in [1.82, 2.24) is 5.32 Å². The third-order valence-corrected chi connectivity index (χ3v) is 4.97. The maximum absolute atomic E-state index is 12.5. The van der Waals surface area contributed by atoms with Crippen LogP contribution in [0.25, 0.3) is 6.08 Å². The minimum Gasteiger partial charge on any atom is -0.490 e. The summed E-state index contributed by atoms with van der Waals surface area (Å²) in [5.41, 5.74) is -0.303. The maximum Gasteiger partial charge on any atom is 0.416 e. The molecule has 0 aliphatic carbocycles. The molecule has 1 N–H and O–H groups in total. The quantitative estimate of drug-likeness (QED) is 0.284. The Morgan fingerprint density at radius 3 is 2.12 bits per heavy atom. The summed E-state index contributed by atoms with van der Waals surface area (Å²) < 4.78 is 48.6. The Balaban J connectivity index is 1.80. The van der Waals surface area contributed by atoms with Gasteiger partial charge in [0.25, 0.3) is 0 Å². The number of amides is 1. The van der Waals surface area contributed by atoms with Crippen molar-refractivity contribution in [1.29, 1.82) is 0 Å². The maximum atomic E-state index is 12.5. The van der Waals surface area contributed by atoms with Crippen LogP contribution in [0.2, 0.25) is 10.0 Å². The number of carbonyl (C=O) groups excluding carboxylic acids is 1. The average Bonchev–Trinajstić information content (AvgIpc) is 2.73. The second-order valence-electron chi connectivity index (χ2n) is 6.09. The number of ether oxygens (including phenoxy) is 2. The number of benzene rings is 2. The van der Waals surface area contributed by atoms with Crippen LogP contribution in [-0.2, 0) is 11.0 Å². The largest absolute Gasteiger partial charge is 0.490 e. The number of carbonyl (C=O) groups is 1. The standard InChI is InChI=1S/C21H16Cl4F3NO3/c22-17(23)9-11-31-15-6-7-16(20(25)19(15)24)32-12-10-29-18(30)8-3-13-1-4-14(5-2-13)21(26,27)28/h1-9H,10-12H2,(H,29,30). The van der Waals surface area contributed by atoms with Crippen molar-refractivity contribution >= 4 is 58.4 Å². The van der Waals surface area contributed by atoms with E-state index in [9.17, 15) is 18.0 Å². The second kappa shape index (κ2) is 12.3. The Morgan fingerprint density at radius 1 is 0.969 bits per heavy atom. The zero-order chi connectivity index (χ0) is 23.7. The number of hydrogen-bond acceptors (Lipinski definition) is 3. The molecule has 0 unspecified atom stereocenters. The molecule has 4 nitrogen and oxygen atoms in total. The van der Waals surface area contributed by atoms with Crippen LogP contribution in [0.1, 0.15) is 11.1 Å². The van der Waals surface area contributed by atoms with E-state index in [0.29, 0.717) is 17.1 Å². The summed E-state index contributed by atoms with van der Waals surface area (Å²) in [6.45, 7) is 0.354. The zero-order valence-corrected chi connectivity index (χ0v) is 19.2. The Hall–Kier alpha value is -2.06. The first-order valence-corrected chi connectivity index (χ1v) is 10.5. The van der Waals surface area contributed by atoms with Crippen LogP contribution in [-0.4, -0.2) is 25.7 Å². The predicted octanol–water partition coefficient (Wildman–Crippen LogP) is 6.92. The molecule has 0 saturated heterocycles. The topological polar surface area (TPSA) is 47.6 Å². The van der Waals surface area contributed by atoms with Gasteiger partial charge >= 0.3 is 6.18 Å². The molecule has 2 aromatic carbocycles. The Morgan fingerprint density at radius 2 is 1.56 bits per heavy atom. The predicted molar refractivity (Wildman–Crippen MR) is 121 cm³/mol. The number of nitrogens with one attached hydrogen (secondary N) is 1. The highest BCUT2D eigenvalue weighted by Crippen LogP contribution is 2.39. The molecule has 0 atom stereocenters. The van der Waals surface area contributed by atoms with Crippen LogP contribution in [0.3, 0.4) is 0 Å². The number of hydrogen-bond donors (Lipinski definition) is 1. The molecular weight excluding hydrogens is 513 g/mol. The van der Waals surface area contributed by atoms with Crippen molar-refractivity contribution in [3.05, 3.63) is 74.2 Å². The summed E-state index contributed by atoms with van der Waals surface area (Å²) in [5.74, 6) is 0.174. The van der Waals surface area contributed by atoms with E-state index in [0.717, 1.165) is 12.1 Å². The van der Waals surface area contributed by atoms with Crippen LogP contribution in [0.5, 0.6) is 11.5 Å². The normalized spacial score (nSPS) is 11.3. The molecule has 0 aliphatic rings. The van der Waals surface area contributed by atoms with E-state index in [4.69, 9.17) is 55.9 Å². The van der Waals surface area contributed by atoms with Crippen LogP contribution >= 0.6 is 46.4 Å². The molecule has 0 heterocycles. The first kappa shape index (κ1) is 26.2. The first-order chi connectivity index (χ1) is 15.1. The summed E-state index contributed by atoms with van der Waals surface area (Å²) >= 11 is 23.3. The average molecular weight is 529 g/mol. The number of alkyl halides is 3. The molecule has 0 bridgehead atoms. The van der Waals surface area contributed by atoms with Gasteiger partial charge in [0, 0.05) is 6.08 Å². The van der Waals surface area contributed by atoms with E-state index in [2.05, 4.69) is 5.32 Å². The van der Waals surface area contributed by atoms with Crippen LogP contribution < -0.4 is 14.8 Å². The summed E-state index contributed by atoms with van der Waals surface area (Å²) in [6, 6.07) is 7.55. The van der Waals surface area contributed by atoms with E-state index in [1.165, 1.54) is 30.4 Å². The lowest BCUT2D eigenvalue weighted by Crippen LogP contribution is -2.26. The highest BCUT2D eigenvalue weighted by atomic mass is 35.5. The summed E-state index contributed by atoms with van der Waals surface area (Å²) in [6.07, 6.45) is -0.360. The van der Waals surface area contributed by atoms with Gasteiger partial charge in [-0.3, -0.25) is 4.79 Å². The first-order valence-electron chi connectivity index (χ1n) is 8.96. The van der Waals surface area contributed by atoms with Gasteiger partial charge < -0.3 is 14.8 Å². The lowest BCUT2D eigenvalue weighted by molar-refractivity contribution is -0.137. The van der Waals surface area contributed by atoms with Gasteiger partial charge in [0.15, 0.2) is 0 Å². The summed E-state index contributed by atoms with van der Waals surface area (Å²) in [4.78, 5) is 11.8. The molecular formula is C21H16Cl4F3NO3. The third kappa shape index (κ3) is 8.47. The number of halogens is 7. The second-order valence-corrected chi connectivity index (χ2v) is 7.85. The SMILES string of the molecule is O=C(C=Cc1ccc(C(F)(F)F)cc1)NCCOc1ccc(OCC=C(Cl)Cl)c(Cl)c1Cl. The van der Waals surface area contributed by atoms with Crippen molar-refractivity contribution in [2.75, 3.05) is 19.8 Å². The van der Waals surface area contributed by atoms with Crippen LogP contribution in [0.15, 0.2) is 53.0 Å². The van der Waals surface area contributed by atoms with Crippen molar-refractivity contribution in [3.8, 4) is 11.5 Å². The molecule has 1 amide bonds. The van der Waals surface area contributed by atoms with Gasteiger partial charge in [-0.1, -0.05) is 58.5 Å². The van der Waals surface area contributed by atoms with E-state index >= 15 is 0 Å². The fraction of sp³-hybridized carbons (Fsp3) is 0.190. The monoisotopic (exact) mass is 527 g/mol. The van der Waals surface area contributed by atoms with Gasteiger partial charge in [-0.25, -0.2) is 0 Å². The highest BCUT2D eigenvalue weighted by molar-refractivity contribution is 6.55. The Labute approximate surface area is 202 Å². The molecule has 2 rings (SSSR count). The fourth-order valence-electron chi connectivity index (χ4n) is 2.28. The minimum atomic E-state index is -4.41. The van der Waals surface area contributed by atoms with Gasteiger partial charge in [0.1, 0.15) is 39.2 Å². The molecule has 0 radical (unpaired) electrons. The van der Waals surface area contributed by atoms with Crippen molar-refractivity contribution in [2.24, 2.45) is 0 Å². The minimum absolute atomic E-state index is 0.0587.